The van der Waals surface area contributed by atoms with Crippen LogP contribution in [-0.2, 0) is 6.54 Å². The van der Waals surface area contributed by atoms with Crippen LogP contribution in [0.5, 0.6) is 0 Å². The van der Waals surface area contributed by atoms with Gasteiger partial charge in [0.25, 0.3) is 0 Å². The maximum absolute atomic E-state index is 9.98. The molecule has 2 heteroatoms. The minimum atomic E-state index is -0.426. The molecule has 136 valence electrons. The zero-order chi connectivity index (χ0) is 18.1. The molecule has 2 nitrogen and oxygen atoms in total. The van der Waals surface area contributed by atoms with Crippen LogP contribution in [0, 0.1) is 0 Å². The first-order valence-corrected chi connectivity index (χ1v) is 9.64. The van der Waals surface area contributed by atoms with Gasteiger partial charge in [-0.25, -0.2) is 0 Å². The Kier molecular flexibility index (Phi) is 8.00. The van der Waals surface area contributed by atoms with E-state index < -0.39 is 6.10 Å². The molecule has 25 heavy (non-hydrogen) atoms. The number of nitrogens with zero attached hydrogens (tertiary/aromatic N) is 1. The Balaban J connectivity index is 2.06. The van der Waals surface area contributed by atoms with Crippen molar-refractivity contribution in [3.63, 3.8) is 0 Å². The summed E-state index contributed by atoms with van der Waals surface area (Å²) < 4.78 is 0. The van der Waals surface area contributed by atoms with Crippen LogP contribution in [0.3, 0.4) is 0 Å². The van der Waals surface area contributed by atoms with Crippen LogP contribution in [0.4, 0.5) is 0 Å². The molecule has 1 aromatic carbocycles. The van der Waals surface area contributed by atoms with E-state index in [4.69, 9.17) is 0 Å². The van der Waals surface area contributed by atoms with Gasteiger partial charge in [-0.15, -0.1) is 0 Å². The Bertz CT molecular complexity index is 581. The van der Waals surface area contributed by atoms with E-state index >= 15 is 0 Å². The second-order valence-corrected chi connectivity index (χ2v) is 7.10. The summed E-state index contributed by atoms with van der Waals surface area (Å²) in [6.07, 6.45) is 12.7. The van der Waals surface area contributed by atoms with Crippen LogP contribution in [0.2, 0.25) is 0 Å². The number of benzene rings is 1. The first kappa shape index (κ1) is 19.5. The fraction of sp³-hybridized carbons (Fsp3) is 0.478. The van der Waals surface area contributed by atoms with Gasteiger partial charge in [0.1, 0.15) is 0 Å². The lowest BCUT2D eigenvalue weighted by atomic mass is 10.1. The van der Waals surface area contributed by atoms with Crippen molar-refractivity contribution in [2.24, 2.45) is 0 Å². The van der Waals surface area contributed by atoms with E-state index in [1.165, 1.54) is 36.9 Å². The molecule has 0 saturated heterocycles. The largest absolute Gasteiger partial charge is 0.388 e. The molecular weight excluding hydrogens is 306 g/mol. The fourth-order valence-electron chi connectivity index (χ4n) is 3.51. The van der Waals surface area contributed by atoms with E-state index in [0.717, 1.165) is 25.0 Å². The number of allylic oxidation sites excluding steroid dienone is 3. The first-order chi connectivity index (χ1) is 12.1. The van der Waals surface area contributed by atoms with Gasteiger partial charge in [0.2, 0.25) is 0 Å². The standard InChI is InChI=1S/C23H33NO/c1-4-11-23(25)19(2)12-10-13-20(3)24(22-16-8-9-17-22)18-21-14-6-5-7-15-21/h5-7,10,12-15,22-23,25H,2,4,8-9,11,16-18H2,1,3H3/b12-10-,20-13+. The number of rotatable bonds is 9. The highest BCUT2D eigenvalue weighted by atomic mass is 16.3. The Morgan fingerprint density at radius 3 is 2.60 bits per heavy atom. The summed E-state index contributed by atoms with van der Waals surface area (Å²) in [5, 5.41) is 9.98. The molecule has 1 fully saturated rings. The maximum Gasteiger partial charge on any atom is 0.0784 e. The van der Waals surface area contributed by atoms with E-state index in [1.54, 1.807) is 0 Å². The minimum absolute atomic E-state index is 0.426. The first-order valence-electron chi connectivity index (χ1n) is 9.64. The third-order valence-electron chi connectivity index (χ3n) is 5.05. The maximum atomic E-state index is 9.98. The predicted octanol–water partition coefficient (Wildman–Crippen LogP) is 5.61. The summed E-state index contributed by atoms with van der Waals surface area (Å²) in [6.45, 7) is 9.21. The normalized spacial score (nSPS) is 17.2. The van der Waals surface area contributed by atoms with Crippen molar-refractivity contribution in [1.82, 2.24) is 4.90 Å². The van der Waals surface area contributed by atoms with Crippen LogP contribution in [0.15, 0.2) is 66.4 Å². The van der Waals surface area contributed by atoms with Crippen molar-refractivity contribution in [3.05, 3.63) is 72.0 Å². The highest BCUT2D eigenvalue weighted by Crippen LogP contribution is 2.28. The highest BCUT2D eigenvalue weighted by Gasteiger charge is 2.22. The Labute approximate surface area is 153 Å². The monoisotopic (exact) mass is 339 g/mol. The molecule has 1 aromatic rings. The second kappa shape index (κ2) is 10.2. The van der Waals surface area contributed by atoms with Crippen molar-refractivity contribution in [1.29, 1.82) is 0 Å². The third kappa shape index (κ3) is 6.21. The van der Waals surface area contributed by atoms with Gasteiger partial charge in [-0.1, -0.05) is 75.2 Å². The van der Waals surface area contributed by atoms with Gasteiger partial charge < -0.3 is 10.0 Å². The van der Waals surface area contributed by atoms with Crippen LogP contribution in [0.25, 0.3) is 0 Å². The molecule has 2 rings (SSSR count). The summed E-state index contributed by atoms with van der Waals surface area (Å²) in [7, 11) is 0. The number of hydrogen-bond acceptors (Lipinski definition) is 2. The lowest BCUT2D eigenvalue weighted by Gasteiger charge is -2.32. The van der Waals surface area contributed by atoms with Gasteiger partial charge in [-0.3, -0.25) is 0 Å². The Morgan fingerprint density at radius 2 is 1.96 bits per heavy atom. The van der Waals surface area contributed by atoms with E-state index in [9.17, 15) is 5.11 Å². The molecule has 0 radical (unpaired) electrons. The SMILES string of the molecule is C=C(/C=C\C=C(/C)N(Cc1ccccc1)C1CCCC1)C(O)CCC. The van der Waals surface area contributed by atoms with Crippen molar-refractivity contribution in [2.45, 2.75) is 71.1 Å². The molecule has 1 aliphatic rings. The molecule has 0 spiro atoms. The average Bonchev–Trinajstić information content (AvgIpc) is 3.14. The van der Waals surface area contributed by atoms with Gasteiger partial charge in [-0.2, -0.15) is 0 Å². The summed E-state index contributed by atoms with van der Waals surface area (Å²) in [5.74, 6) is 0. The molecule has 1 N–H and O–H groups in total. The molecule has 0 bridgehead atoms. The summed E-state index contributed by atoms with van der Waals surface area (Å²) in [5.41, 5.74) is 3.43. The molecule has 0 aromatic heterocycles. The molecule has 0 heterocycles. The van der Waals surface area contributed by atoms with Crippen LogP contribution >= 0.6 is 0 Å². The Morgan fingerprint density at radius 1 is 1.28 bits per heavy atom. The molecular formula is C23H33NO. The molecule has 1 saturated carbocycles. The van der Waals surface area contributed by atoms with Crippen molar-refractivity contribution in [2.75, 3.05) is 0 Å². The summed E-state index contributed by atoms with van der Waals surface area (Å²) in [4.78, 5) is 2.54. The molecule has 0 amide bonds. The third-order valence-corrected chi connectivity index (χ3v) is 5.05. The van der Waals surface area contributed by atoms with Gasteiger partial charge >= 0.3 is 0 Å². The minimum Gasteiger partial charge on any atom is -0.388 e. The highest BCUT2D eigenvalue weighted by molar-refractivity contribution is 5.24. The molecule has 0 aliphatic heterocycles. The number of hydrogen-bond donors (Lipinski definition) is 1. The number of aliphatic hydroxyl groups excluding tert-OH is 1. The predicted molar refractivity (Wildman–Crippen MR) is 107 cm³/mol. The van der Waals surface area contributed by atoms with Gasteiger partial charge in [-0.05, 0) is 43.4 Å². The van der Waals surface area contributed by atoms with E-state index in [-0.39, 0.29) is 0 Å². The number of aliphatic hydroxyl groups is 1. The van der Waals surface area contributed by atoms with E-state index in [0.29, 0.717) is 6.04 Å². The fourth-order valence-corrected chi connectivity index (χ4v) is 3.51. The lowest BCUT2D eigenvalue weighted by molar-refractivity contribution is 0.203. The van der Waals surface area contributed by atoms with E-state index in [2.05, 4.69) is 61.7 Å². The van der Waals surface area contributed by atoms with Gasteiger partial charge in [0.15, 0.2) is 0 Å². The van der Waals surface area contributed by atoms with Crippen LogP contribution in [0.1, 0.15) is 57.9 Å². The summed E-state index contributed by atoms with van der Waals surface area (Å²) in [6, 6.07) is 11.3. The lowest BCUT2D eigenvalue weighted by Crippen LogP contribution is -2.31. The van der Waals surface area contributed by atoms with Crippen molar-refractivity contribution < 1.29 is 5.11 Å². The molecule has 1 atom stereocenters. The van der Waals surface area contributed by atoms with Crippen LogP contribution < -0.4 is 0 Å². The van der Waals surface area contributed by atoms with Crippen molar-refractivity contribution >= 4 is 0 Å². The second-order valence-electron chi connectivity index (χ2n) is 7.10. The van der Waals surface area contributed by atoms with Crippen molar-refractivity contribution in [3.8, 4) is 0 Å². The zero-order valence-corrected chi connectivity index (χ0v) is 15.8. The molecule has 1 aliphatic carbocycles. The average molecular weight is 340 g/mol. The summed E-state index contributed by atoms with van der Waals surface area (Å²) >= 11 is 0. The smallest absolute Gasteiger partial charge is 0.0784 e. The Hall–Kier alpha value is -1.80. The van der Waals surface area contributed by atoms with Crippen LogP contribution in [-0.4, -0.2) is 22.2 Å². The van der Waals surface area contributed by atoms with E-state index in [1.807, 2.05) is 12.2 Å². The van der Waals surface area contributed by atoms with Gasteiger partial charge in [0, 0.05) is 18.3 Å². The molecule has 1 unspecified atom stereocenters. The quantitative estimate of drug-likeness (QED) is 0.591. The topological polar surface area (TPSA) is 23.5 Å². The zero-order valence-electron chi connectivity index (χ0n) is 15.8. The van der Waals surface area contributed by atoms with Gasteiger partial charge in [0.05, 0.1) is 6.10 Å².